The molecule has 114 valence electrons. The summed E-state index contributed by atoms with van der Waals surface area (Å²) in [5, 5.41) is 14.4. The third-order valence-electron chi connectivity index (χ3n) is 3.63. The first-order chi connectivity index (χ1) is 9.31. The molecule has 6 nitrogen and oxygen atoms in total. The first-order valence-corrected chi connectivity index (χ1v) is 7.14. The van der Waals surface area contributed by atoms with Crippen LogP contribution in [0.15, 0.2) is 0 Å². The standard InChI is InChI=1S/C14H24N2O4/c1-8(2)15-12(17)9(3)16-13(18)10-4-6-11(7-5-10)14(19)20/h8-11H,4-7H2,1-3H3,(H,15,17)(H,16,18)(H,19,20). The lowest BCUT2D eigenvalue weighted by Crippen LogP contribution is -2.48. The van der Waals surface area contributed by atoms with Gasteiger partial charge in [-0.05, 0) is 46.5 Å². The molecule has 1 saturated carbocycles. The number of rotatable bonds is 5. The Labute approximate surface area is 119 Å². The molecular formula is C14H24N2O4. The normalized spacial score (nSPS) is 24.0. The number of carboxylic acids is 1. The maximum Gasteiger partial charge on any atom is 0.306 e. The lowest BCUT2D eigenvalue weighted by Gasteiger charge is -2.26. The Morgan fingerprint density at radius 2 is 1.45 bits per heavy atom. The van der Waals surface area contributed by atoms with Gasteiger partial charge < -0.3 is 15.7 Å². The largest absolute Gasteiger partial charge is 0.481 e. The smallest absolute Gasteiger partial charge is 0.306 e. The molecule has 1 rings (SSSR count). The number of carbonyl (C=O) groups excluding carboxylic acids is 2. The van der Waals surface area contributed by atoms with Crippen molar-refractivity contribution < 1.29 is 19.5 Å². The van der Waals surface area contributed by atoms with Crippen LogP contribution in [-0.2, 0) is 14.4 Å². The van der Waals surface area contributed by atoms with Gasteiger partial charge in [0, 0.05) is 12.0 Å². The summed E-state index contributed by atoms with van der Waals surface area (Å²) >= 11 is 0. The number of amides is 2. The SMILES string of the molecule is CC(C)NC(=O)C(C)NC(=O)C1CCC(C(=O)O)CC1. The van der Waals surface area contributed by atoms with E-state index in [4.69, 9.17) is 5.11 Å². The molecule has 1 aliphatic rings. The zero-order valence-electron chi connectivity index (χ0n) is 12.3. The molecule has 0 aromatic heterocycles. The van der Waals surface area contributed by atoms with Gasteiger partial charge in [-0.25, -0.2) is 0 Å². The van der Waals surface area contributed by atoms with Crippen LogP contribution in [0.1, 0.15) is 46.5 Å². The third-order valence-corrected chi connectivity index (χ3v) is 3.63. The van der Waals surface area contributed by atoms with Gasteiger partial charge >= 0.3 is 5.97 Å². The summed E-state index contributed by atoms with van der Waals surface area (Å²) < 4.78 is 0. The van der Waals surface area contributed by atoms with Crippen molar-refractivity contribution in [3.63, 3.8) is 0 Å². The Bertz CT molecular complexity index is 373. The van der Waals surface area contributed by atoms with Crippen LogP contribution in [0, 0.1) is 11.8 Å². The van der Waals surface area contributed by atoms with Crippen LogP contribution in [0.25, 0.3) is 0 Å². The molecule has 0 aromatic rings. The third kappa shape index (κ3) is 4.83. The molecular weight excluding hydrogens is 260 g/mol. The average Bonchev–Trinajstić information content (AvgIpc) is 2.37. The summed E-state index contributed by atoms with van der Waals surface area (Å²) in [5.74, 6) is -1.65. The highest BCUT2D eigenvalue weighted by molar-refractivity contribution is 5.88. The number of carbonyl (C=O) groups is 3. The van der Waals surface area contributed by atoms with Crippen LogP contribution >= 0.6 is 0 Å². The summed E-state index contributed by atoms with van der Waals surface area (Å²) in [5.41, 5.74) is 0. The highest BCUT2D eigenvalue weighted by Crippen LogP contribution is 2.29. The molecule has 0 heterocycles. The van der Waals surface area contributed by atoms with Gasteiger partial charge in [-0.2, -0.15) is 0 Å². The minimum absolute atomic E-state index is 0.0351. The lowest BCUT2D eigenvalue weighted by molar-refractivity contribution is -0.144. The van der Waals surface area contributed by atoms with Gasteiger partial charge in [-0.15, -0.1) is 0 Å². The van der Waals surface area contributed by atoms with Crippen molar-refractivity contribution in [2.75, 3.05) is 0 Å². The van der Waals surface area contributed by atoms with Gasteiger partial charge in [0.15, 0.2) is 0 Å². The van der Waals surface area contributed by atoms with Crippen LogP contribution in [0.2, 0.25) is 0 Å². The van der Waals surface area contributed by atoms with Crippen LogP contribution in [-0.4, -0.2) is 35.0 Å². The second-order valence-electron chi connectivity index (χ2n) is 5.78. The zero-order valence-corrected chi connectivity index (χ0v) is 12.3. The van der Waals surface area contributed by atoms with E-state index in [1.54, 1.807) is 6.92 Å². The fraction of sp³-hybridized carbons (Fsp3) is 0.786. The molecule has 1 atom stereocenters. The first kappa shape index (κ1) is 16.5. The Kier molecular flexibility index (Phi) is 5.98. The molecule has 1 unspecified atom stereocenters. The summed E-state index contributed by atoms with van der Waals surface area (Å²) in [6, 6.07) is -0.532. The molecule has 1 fully saturated rings. The minimum atomic E-state index is -0.784. The summed E-state index contributed by atoms with van der Waals surface area (Å²) in [7, 11) is 0. The molecule has 1 aliphatic carbocycles. The van der Waals surface area contributed by atoms with Crippen LogP contribution < -0.4 is 10.6 Å². The quantitative estimate of drug-likeness (QED) is 0.699. The predicted octanol–water partition coefficient (Wildman–Crippen LogP) is 0.907. The van der Waals surface area contributed by atoms with Crippen molar-refractivity contribution in [2.45, 2.75) is 58.5 Å². The van der Waals surface area contributed by atoms with E-state index in [1.807, 2.05) is 13.8 Å². The number of aliphatic carboxylic acids is 1. The van der Waals surface area contributed by atoms with E-state index in [0.29, 0.717) is 25.7 Å². The second-order valence-corrected chi connectivity index (χ2v) is 5.78. The Morgan fingerprint density at radius 1 is 0.950 bits per heavy atom. The van der Waals surface area contributed by atoms with Crippen molar-refractivity contribution >= 4 is 17.8 Å². The van der Waals surface area contributed by atoms with E-state index in [1.165, 1.54) is 0 Å². The first-order valence-electron chi connectivity index (χ1n) is 7.14. The maximum atomic E-state index is 12.0. The molecule has 0 radical (unpaired) electrons. The van der Waals surface area contributed by atoms with E-state index >= 15 is 0 Å². The number of nitrogens with one attached hydrogen (secondary N) is 2. The van der Waals surface area contributed by atoms with Gasteiger partial charge in [0.1, 0.15) is 6.04 Å². The molecule has 20 heavy (non-hydrogen) atoms. The molecule has 2 amide bonds. The van der Waals surface area contributed by atoms with Crippen molar-refractivity contribution in [3.05, 3.63) is 0 Å². The van der Waals surface area contributed by atoms with Crippen molar-refractivity contribution in [3.8, 4) is 0 Å². The van der Waals surface area contributed by atoms with E-state index in [2.05, 4.69) is 10.6 Å². The Hall–Kier alpha value is -1.59. The van der Waals surface area contributed by atoms with Crippen LogP contribution in [0.3, 0.4) is 0 Å². The summed E-state index contributed by atoms with van der Waals surface area (Å²) in [6.45, 7) is 5.37. The van der Waals surface area contributed by atoms with Crippen molar-refractivity contribution in [1.29, 1.82) is 0 Å². The number of carboxylic acid groups (broad SMARTS) is 1. The summed E-state index contributed by atoms with van der Waals surface area (Å²) in [4.78, 5) is 34.6. The van der Waals surface area contributed by atoms with E-state index < -0.39 is 12.0 Å². The topological polar surface area (TPSA) is 95.5 Å². The lowest BCUT2D eigenvalue weighted by atomic mass is 9.81. The van der Waals surface area contributed by atoms with Gasteiger partial charge in [-0.3, -0.25) is 14.4 Å². The van der Waals surface area contributed by atoms with Gasteiger partial charge in [0.25, 0.3) is 0 Å². The molecule has 0 saturated heterocycles. The van der Waals surface area contributed by atoms with Crippen LogP contribution in [0.5, 0.6) is 0 Å². The highest BCUT2D eigenvalue weighted by atomic mass is 16.4. The molecule has 0 aromatic carbocycles. The molecule has 0 bridgehead atoms. The predicted molar refractivity (Wildman–Crippen MR) is 74.0 cm³/mol. The van der Waals surface area contributed by atoms with Gasteiger partial charge in [0.2, 0.25) is 11.8 Å². The van der Waals surface area contributed by atoms with Crippen molar-refractivity contribution in [2.24, 2.45) is 11.8 Å². The fourth-order valence-electron chi connectivity index (χ4n) is 2.41. The van der Waals surface area contributed by atoms with E-state index in [-0.39, 0.29) is 29.7 Å². The maximum absolute atomic E-state index is 12.0. The van der Waals surface area contributed by atoms with Crippen LogP contribution in [0.4, 0.5) is 0 Å². The van der Waals surface area contributed by atoms with E-state index in [9.17, 15) is 14.4 Å². The zero-order chi connectivity index (χ0) is 15.3. The minimum Gasteiger partial charge on any atom is -0.481 e. The second kappa shape index (κ2) is 7.26. The number of hydrogen-bond acceptors (Lipinski definition) is 3. The molecule has 6 heteroatoms. The molecule has 0 aliphatic heterocycles. The highest BCUT2D eigenvalue weighted by Gasteiger charge is 2.30. The molecule has 0 spiro atoms. The molecule has 3 N–H and O–H groups in total. The number of hydrogen-bond donors (Lipinski definition) is 3. The van der Waals surface area contributed by atoms with Crippen molar-refractivity contribution in [1.82, 2.24) is 10.6 Å². The van der Waals surface area contributed by atoms with Gasteiger partial charge in [-0.1, -0.05) is 0 Å². The van der Waals surface area contributed by atoms with Gasteiger partial charge in [0.05, 0.1) is 5.92 Å². The Balaban J connectivity index is 2.40. The Morgan fingerprint density at radius 3 is 1.90 bits per heavy atom. The van der Waals surface area contributed by atoms with E-state index in [0.717, 1.165) is 0 Å². The fourth-order valence-corrected chi connectivity index (χ4v) is 2.41. The monoisotopic (exact) mass is 284 g/mol. The average molecular weight is 284 g/mol. The summed E-state index contributed by atoms with van der Waals surface area (Å²) in [6.07, 6.45) is 2.20.